The van der Waals surface area contributed by atoms with Crippen LogP contribution in [-0.2, 0) is 14.8 Å². The third-order valence-electron chi connectivity index (χ3n) is 1.43. The number of hydrogen-bond acceptors (Lipinski definition) is 4. The number of ether oxygens (including phenoxy) is 1. The molecule has 0 aliphatic carbocycles. The zero-order chi connectivity index (χ0) is 11.2. The molecule has 0 bridgehead atoms. The maximum absolute atomic E-state index is 11.2. The van der Waals surface area contributed by atoms with Gasteiger partial charge in [-0.3, -0.25) is 0 Å². The molecule has 2 N–H and O–H groups in total. The molecule has 0 aromatic rings. The Bertz CT molecular complexity index is 243. The van der Waals surface area contributed by atoms with Crippen LogP contribution in [0.2, 0.25) is 0 Å². The third-order valence-corrected chi connectivity index (χ3v) is 2.71. The molecule has 0 aliphatic rings. The summed E-state index contributed by atoms with van der Waals surface area (Å²) in [5, 5.41) is 9.29. The molecule has 0 unspecified atom stereocenters. The normalized spacial score (nSPS) is 13.1. The molecule has 86 valence electrons. The Morgan fingerprint density at radius 3 is 2.43 bits per heavy atom. The van der Waals surface area contributed by atoms with Crippen LogP contribution in [-0.4, -0.2) is 44.6 Å². The zero-order valence-corrected chi connectivity index (χ0v) is 9.73. The van der Waals surface area contributed by atoms with Crippen molar-refractivity contribution in [1.29, 1.82) is 0 Å². The van der Waals surface area contributed by atoms with Crippen LogP contribution >= 0.6 is 0 Å². The molecule has 0 aromatic carbocycles. The Balaban J connectivity index is 3.85. The van der Waals surface area contributed by atoms with Crippen LogP contribution in [0.15, 0.2) is 0 Å². The highest BCUT2D eigenvalue weighted by atomic mass is 32.2. The van der Waals surface area contributed by atoms with Gasteiger partial charge in [0, 0.05) is 13.2 Å². The van der Waals surface area contributed by atoms with Crippen LogP contribution in [0.5, 0.6) is 0 Å². The summed E-state index contributed by atoms with van der Waals surface area (Å²) in [7, 11) is -3.32. The van der Waals surface area contributed by atoms with E-state index in [-0.39, 0.29) is 18.9 Å². The molecular weight excluding hydrogens is 206 g/mol. The van der Waals surface area contributed by atoms with E-state index in [1.165, 1.54) is 13.8 Å². The Hall–Kier alpha value is -0.170. The lowest BCUT2D eigenvalue weighted by Gasteiger charge is -2.17. The summed E-state index contributed by atoms with van der Waals surface area (Å²) < 4.78 is 29.7. The largest absolute Gasteiger partial charge is 0.389 e. The van der Waals surface area contributed by atoms with Crippen molar-refractivity contribution < 1.29 is 18.3 Å². The maximum Gasteiger partial charge on any atom is 0.213 e. The monoisotopic (exact) mass is 225 g/mol. The molecular formula is C8H19NO4S. The Kier molecular flexibility index (Phi) is 5.58. The predicted octanol–water partition coefficient (Wildman–Crippen LogP) is -0.287. The second kappa shape index (κ2) is 5.65. The molecule has 5 nitrogen and oxygen atoms in total. The number of rotatable bonds is 7. The van der Waals surface area contributed by atoms with Gasteiger partial charge in [-0.05, 0) is 20.8 Å². The Morgan fingerprint density at radius 1 is 1.43 bits per heavy atom. The fraction of sp³-hybridized carbons (Fsp3) is 1.00. The summed E-state index contributed by atoms with van der Waals surface area (Å²) in [4.78, 5) is 0. The van der Waals surface area contributed by atoms with E-state index in [0.717, 1.165) is 0 Å². The summed E-state index contributed by atoms with van der Waals surface area (Å²) in [6, 6.07) is 0. The summed E-state index contributed by atoms with van der Waals surface area (Å²) in [5.41, 5.74) is -1.03. The van der Waals surface area contributed by atoms with Crippen molar-refractivity contribution in [3.63, 3.8) is 0 Å². The van der Waals surface area contributed by atoms with Gasteiger partial charge >= 0.3 is 0 Å². The minimum atomic E-state index is -3.32. The fourth-order valence-electron chi connectivity index (χ4n) is 0.672. The van der Waals surface area contributed by atoms with Crippen molar-refractivity contribution in [1.82, 2.24) is 4.72 Å². The predicted molar refractivity (Wildman–Crippen MR) is 54.6 cm³/mol. The van der Waals surface area contributed by atoms with Gasteiger partial charge in [0.2, 0.25) is 10.0 Å². The molecule has 0 spiro atoms. The molecule has 0 rings (SSSR count). The van der Waals surface area contributed by atoms with E-state index in [2.05, 4.69) is 4.72 Å². The van der Waals surface area contributed by atoms with E-state index in [1.807, 2.05) is 0 Å². The zero-order valence-electron chi connectivity index (χ0n) is 8.91. The van der Waals surface area contributed by atoms with E-state index in [4.69, 9.17) is 4.74 Å². The smallest absolute Gasteiger partial charge is 0.213 e. The summed E-state index contributed by atoms with van der Waals surface area (Å²) in [6.07, 6.45) is 0. The summed E-state index contributed by atoms with van der Waals surface area (Å²) >= 11 is 0. The number of aliphatic hydroxyl groups is 1. The highest BCUT2D eigenvalue weighted by Gasteiger charge is 2.17. The van der Waals surface area contributed by atoms with Gasteiger partial charge in [-0.25, -0.2) is 13.1 Å². The second-order valence-corrected chi connectivity index (χ2v) is 5.58. The molecule has 0 radical (unpaired) electrons. The van der Waals surface area contributed by atoms with Crippen LogP contribution in [0.3, 0.4) is 0 Å². The third kappa shape index (κ3) is 8.43. The quantitative estimate of drug-likeness (QED) is 0.584. The topological polar surface area (TPSA) is 75.6 Å². The summed E-state index contributed by atoms with van der Waals surface area (Å²) in [5.74, 6) is -0.0725. The SMILES string of the molecule is CCOCCS(=O)(=O)NCC(C)(C)O. The van der Waals surface area contributed by atoms with Crippen LogP contribution in [0.25, 0.3) is 0 Å². The summed E-state index contributed by atoms with van der Waals surface area (Å²) in [6.45, 7) is 5.58. The van der Waals surface area contributed by atoms with Crippen LogP contribution in [0, 0.1) is 0 Å². The molecule has 0 heterocycles. The van der Waals surface area contributed by atoms with E-state index < -0.39 is 15.6 Å². The van der Waals surface area contributed by atoms with E-state index in [9.17, 15) is 13.5 Å². The van der Waals surface area contributed by atoms with Crippen molar-refractivity contribution in [2.24, 2.45) is 0 Å². The first-order valence-corrected chi connectivity index (χ1v) is 6.19. The Morgan fingerprint density at radius 2 is 2.00 bits per heavy atom. The number of nitrogens with one attached hydrogen (secondary N) is 1. The molecule has 0 fully saturated rings. The first-order chi connectivity index (χ1) is 6.27. The van der Waals surface area contributed by atoms with Crippen LogP contribution in [0.4, 0.5) is 0 Å². The minimum Gasteiger partial charge on any atom is -0.389 e. The highest BCUT2D eigenvalue weighted by molar-refractivity contribution is 7.89. The molecule has 0 atom stereocenters. The van der Waals surface area contributed by atoms with Gasteiger partial charge in [-0.1, -0.05) is 0 Å². The maximum atomic E-state index is 11.2. The lowest BCUT2D eigenvalue weighted by molar-refractivity contribution is 0.0855. The van der Waals surface area contributed by atoms with Crippen molar-refractivity contribution in [2.45, 2.75) is 26.4 Å². The molecule has 0 aromatic heterocycles. The van der Waals surface area contributed by atoms with Crippen molar-refractivity contribution in [3.05, 3.63) is 0 Å². The van der Waals surface area contributed by atoms with Crippen LogP contribution in [0.1, 0.15) is 20.8 Å². The second-order valence-electron chi connectivity index (χ2n) is 3.65. The lowest BCUT2D eigenvalue weighted by Crippen LogP contribution is -2.39. The van der Waals surface area contributed by atoms with Gasteiger partial charge in [0.25, 0.3) is 0 Å². The van der Waals surface area contributed by atoms with Crippen molar-refractivity contribution >= 4 is 10.0 Å². The number of sulfonamides is 1. The van der Waals surface area contributed by atoms with E-state index in [1.54, 1.807) is 6.92 Å². The van der Waals surface area contributed by atoms with Gasteiger partial charge in [-0.15, -0.1) is 0 Å². The van der Waals surface area contributed by atoms with Gasteiger partial charge in [-0.2, -0.15) is 0 Å². The molecule has 0 aliphatic heterocycles. The van der Waals surface area contributed by atoms with Gasteiger partial charge in [0.15, 0.2) is 0 Å². The molecule has 0 amide bonds. The first kappa shape index (κ1) is 13.8. The van der Waals surface area contributed by atoms with Gasteiger partial charge < -0.3 is 9.84 Å². The average molecular weight is 225 g/mol. The van der Waals surface area contributed by atoms with Crippen molar-refractivity contribution in [2.75, 3.05) is 25.5 Å². The van der Waals surface area contributed by atoms with Crippen LogP contribution < -0.4 is 4.72 Å². The molecule has 0 saturated carbocycles. The highest BCUT2D eigenvalue weighted by Crippen LogP contribution is 1.98. The average Bonchev–Trinajstić information content (AvgIpc) is 2.00. The Labute approximate surface area is 85.5 Å². The standard InChI is InChI=1S/C8H19NO4S/c1-4-13-5-6-14(11,12)9-7-8(2,3)10/h9-10H,4-7H2,1-3H3. The van der Waals surface area contributed by atoms with E-state index >= 15 is 0 Å². The lowest BCUT2D eigenvalue weighted by atomic mass is 10.1. The minimum absolute atomic E-state index is 0.0153. The first-order valence-electron chi connectivity index (χ1n) is 4.54. The molecule has 14 heavy (non-hydrogen) atoms. The number of hydrogen-bond donors (Lipinski definition) is 2. The molecule has 0 saturated heterocycles. The van der Waals surface area contributed by atoms with Gasteiger partial charge in [0.1, 0.15) is 0 Å². The van der Waals surface area contributed by atoms with Gasteiger partial charge in [0.05, 0.1) is 18.0 Å². The van der Waals surface area contributed by atoms with Crippen molar-refractivity contribution in [3.8, 4) is 0 Å². The van der Waals surface area contributed by atoms with E-state index in [0.29, 0.717) is 6.61 Å². The molecule has 6 heteroatoms. The fourth-order valence-corrected chi connectivity index (χ4v) is 1.73.